The lowest BCUT2D eigenvalue weighted by Gasteiger charge is -2.23. The third-order valence-corrected chi connectivity index (χ3v) is 5.61. The topological polar surface area (TPSA) is 191 Å². The number of carbonyl (C=O) groups is 3. The Morgan fingerprint density at radius 3 is 2.53 bits per heavy atom. The second kappa shape index (κ2) is 12.9. The van der Waals surface area contributed by atoms with E-state index in [-0.39, 0.29) is 30.5 Å². The summed E-state index contributed by atoms with van der Waals surface area (Å²) in [6.45, 7) is 1.48. The Labute approximate surface area is 217 Å². The molecule has 12 heteroatoms. The number of aromatic nitrogens is 2. The molecule has 0 aliphatic rings. The van der Waals surface area contributed by atoms with Gasteiger partial charge in [0.25, 0.3) is 11.5 Å². The van der Waals surface area contributed by atoms with E-state index in [1.165, 1.54) is 12.1 Å². The molecule has 0 radical (unpaired) electrons. The van der Waals surface area contributed by atoms with Crippen molar-refractivity contribution >= 4 is 40.4 Å². The smallest absolute Gasteiger partial charge is 0.326 e. The summed E-state index contributed by atoms with van der Waals surface area (Å²) < 4.78 is 0. The summed E-state index contributed by atoms with van der Waals surface area (Å²) in [5.74, 6) is -0.169. The number of nitrogens with one attached hydrogen (secondary N) is 3. The van der Waals surface area contributed by atoms with Gasteiger partial charge in [-0.3, -0.25) is 19.4 Å². The number of aromatic amines is 1. The molecule has 0 saturated carbocycles. The molecule has 0 aliphatic carbocycles. The summed E-state index contributed by atoms with van der Waals surface area (Å²) >= 11 is 0. The second-order valence-electron chi connectivity index (χ2n) is 8.39. The number of nitrogens with zero attached hydrogens (tertiary/aromatic N) is 2. The van der Waals surface area contributed by atoms with E-state index in [0.29, 0.717) is 42.2 Å². The number of amides is 1. The van der Waals surface area contributed by atoms with Crippen LogP contribution in [0.15, 0.2) is 47.3 Å². The van der Waals surface area contributed by atoms with E-state index in [2.05, 4.69) is 26.5 Å². The standard InChI is InChI=1S/C26H28N6O6/c1-2-13-32(15-16-3-8-20-19(14-16)24(36)31-26(30-20)28-12-11-27)18-6-4-17(5-7-18)23(35)29-21(25(37)38)9-10-22(33)34/h1,3-8,14,21H,9-13,15,27H2,(H,29,35)(H,33,34)(H,37,38)(H2,28,30,31,36). The summed E-state index contributed by atoms with van der Waals surface area (Å²) in [6, 6.07) is 10.4. The van der Waals surface area contributed by atoms with Gasteiger partial charge in [0, 0.05) is 37.3 Å². The normalized spacial score (nSPS) is 11.4. The van der Waals surface area contributed by atoms with Crippen molar-refractivity contribution in [2.75, 3.05) is 29.9 Å². The van der Waals surface area contributed by atoms with Crippen LogP contribution in [0.3, 0.4) is 0 Å². The monoisotopic (exact) mass is 520 g/mol. The first kappa shape index (κ1) is 27.7. The van der Waals surface area contributed by atoms with Crippen LogP contribution in [0.25, 0.3) is 10.9 Å². The zero-order valence-corrected chi connectivity index (χ0v) is 20.4. The Bertz CT molecular complexity index is 1410. The molecule has 0 bridgehead atoms. The number of aliphatic carboxylic acids is 2. The van der Waals surface area contributed by atoms with Gasteiger partial charge in [-0.25, -0.2) is 9.78 Å². The molecule has 3 aromatic rings. The molecule has 198 valence electrons. The number of terminal acetylenes is 1. The number of benzene rings is 2. The van der Waals surface area contributed by atoms with Gasteiger partial charge < -0.3 is 31.5 Å². The average Bonchev–Trinajstić information content (AvgIpc) is 2.89. The van der Waals surface area contributed by atoms with E-state index in [4.69, 9.17) is 17.3 Å². The van der Waals surface area contributed by atoms with Gasteiger partial charge in [-0.05, 0) is 48.4 Å². The van der Waals surface area contributed by atoms with Gasteiger partial charge in [-0.15, -0.1) is 6.42 Å². The molecule has 7 N–H and O–H groups in total. The zero-order valence-electron chi connectivity index (χ0n) is 20.4. The van der Waals surface area contributed by atoms with E-state index in [1.807, 2.05) is 11.0 Å². The van der Waals surface area contributed by atoms with Crippen molar-refractivity contribution in [1.82, 2.24) is 15.3 Å². The van der Waals surface area contributed by atoms with Crippen molar-refractivity contribution in [2.45, 2.75) is 25.4 Å². The minimum atomic E-state index is -1.32. The van der Waals surface area contributed by atoms with E-state index in [1.54, 1.807) is 24.3 Å². The second-order valence-corrected chi connectivity index (χ2v) is 8.39. The summed E-state index contributed by atoms with van der Waals surface area (Å²) in [5.41, 5.74) is 7.43. The number of anilines is 2. The van der Waals surface area contributed by atoms with Crippen LogP contribution in [0.2, 0.25) is 0 Å². The minimum absolute atomic E-state index is 0.207. The van der Waals surface area contributed by atoms with Crippen molar-refractivity contribution in [3.05, 3.63) is 63.9 Å². The number of rotatable bonds is 13. The lowest BCUT2D eigenvalue weighted by atomic mass is 10.1. The number of carboxylic acid groups (broad SMARTS) is 2. The molecule has 0 saturated heterocycles. The van der Waals surface area contributed by atoms with Gasteiger partial charge in [0.05, 0.1) is 17.4 Å². The number of H-pyrrole nitrogens is 1. The van der Waals surface area contributed by atoms with Crippen molar-refractivity contribution in [1.29, 1.82) is 0 Å². The third kappa shape index (κ3) is 7.31. The number of carbonyl (C=O) groups excluding carboxylic acids is 1. The number of hydrogen-bond donors (Lipinski definition) is 6. The third-order valence-electron chi connectivity index (χ3n) is 5.61. The van der Waals surface area contributed by atoms with Crippen LogP contribution in [0.1, 0.15) is 28.8 Å². The van der Waals surface area contributed by atoms with E-state index >= 15 is 0 Å². The highest BCUT2D eigenvalue weighted by atomic mass is 16.4. The Kier molecular flexibility index (Phi) is 9.39. The predicted molar refractivity (Wildman–Crippen MR) is 142 cm³/mol. The van der Waals surface area contributed by atoms with E-state index in [0.717, 1.165) is 5.56 Å². The fraction of sp³-hybridized carbons (Fsp3) is 0.269. The van der Waals surface area contributed by atoms with Crippen LogP contribution < -0.4 is 26.8 Å². The Balaban J connectivity index is 1.75. The molecule has 0 aliphatic heterocycles. The Morgan fingerprint density at radius 1 is 1.16 bits per heavy atom. The predicted octanol–water partition coefficient (Wildman–Crippen LogP) is 0.981. The van der Waals surface area contributed by atoms with Gasteiger partial charge >= 0.3 is 11.9 Å². The van der Waals surface area contributed by atoms with Crippen LogP contribution >= 0.6 is 0 Å². The molecular weight excluding hydrogens is 492 g/mol. The number of hydrogen-bond acceptors (Lipinski definition) is 8. The summed E-state index contributed by atoms with van der Waals surface area (Å²) in [5, 5.41) is 23.8. The van der Waals surface area contributed by atoms with Crippen LogP contribution in [0.5, 0.6) is 0 Å². The van der Waals surface area contributed by atoms with Crippen molar-refractivity contribution in [2.24, 2.45) is 5.73 Å². The molecule has 12 nitrogen and oxygen atoms in total. The lowest BCUT2D eigenvalue weighted by Crippen LogP contribution is -2.41. The number of carboxylic acids is 2. The maximum Gasteiger partial charge on any atom is 0.326 e. The lowest BCUT2D eigenvalue weighted by molar-refractivity contribution is -0.140. The molecule has 2 aromatic carbocycles. The molecule has 1 aromatic heterocycles. The first-order valence-corrected chi connectivity index (χ1v) is 11.7. The zero-order chi connectivity index (χ0) is 27.7. The average molecular weight is 521 g/mol. The number of nitrogens with two attached hydrogens (primary N) is 1. The SMILES string of the molecule is C#CCN(Cc1ccc2nc(NCCN)[nH]c(=O)c2c1)c1ccc(C(=O)NC(CCC(=O)O)C(=O)O)cc1. The quantitative estimate of drug-likeness (QED) is 0.177. The molecule has 3 rings (SSSR count). The summed E-state index contributed by atoms with van der Waals surface area (Å²) in [7, 11) is 0. The van der Waals surface area contributed by atoms with Gasteiger partial charge in [0.1, 0.15) is 6.04 Å². The number of fused-ring (bicyclic) bond motifs is 1. The van der Waals surface area contributed by atoms with Crippen LogP contribution in [0, 0.1) is 12.3 Å². The Hall–Kier alpha value is -4.89. The molecular formula is C26H28N6O6. The van der Waals surface area contributed by atoms with E-state index in [9.17, 15) is 24.3 Å². The van der Waals surface area contributed by atoms with Crippen molar-refractivity contribution in [3.63, 3.8) is 0 Å². The van der Waals surface area contributed by atoms with Gasteiger partial charge in [-0.1, -0.05) is 12.0 Å². The highest BCUT2D eigenvalue weighted by Crippen LogP contribution is 2.20. The Morgan fingerprint density at radius 2 is 1.89 bits per heavy atom. The fourth-order valence-corrected chi connectivity index (χ4v) is 3.72. The maximum atomic E-state index is 12.6. The van der Waals surface area contributed by atoms with Gasteiger partial charge in [-0.2, -0.15) is 0 Å². The maximum absolute atomic E-state index is 12.6. The highest BCUT2D eigenvalue weighted by molar-refractivity contribution is 5.97. The summed E-state index contributed by atoms with van der Waals surface area (Å²) in [6.07, 6.45) is 4.94. The fourth-order valence-electron chi connectivity index (χ4n) is 3.72. The van der Waals surface area contributed by atoms with Crippen LogP contribution in [0.4, 0.5) is 11.6 Å². The summed E-state index contributed by atoms with van der Waals surface area (Å²) in [4.78, 5) is 56.2. The first-order valence-electron chi connectivity index (χ1n) is 11.7. The van der Waals surface area contributed by atoms with Crippen molar-refractivity contribution < 1.29 is 24.6 Å². The molecule has 1 amide bonds. The van der Waals surface area contributed by atoms with E-state index < -0.39 is 23.9 Å². The molecule has 1 heterocycles. The molecule has 1 atom stereocenters. The molecule has 0 spiro atoms. The van der Waals surface area contributed by atoms with Crippen LogP contribution in [-0.2, 0) is 16.1 Å². The van der Waals surface area contributed by atoms with Crippen molar-refractivity contribution in [3.8, 4) is 12.3 Å². The van der Waals surface area contributed by atoms with Crippen LogP contribution in [-0.4, -0.2) is 63.7 Å². The van der Waals surface area contributed by atoms with Gasteiger partial charge in [0.2, 0.25) is 5.95 Å². The van der Waals surface area contributed by atoms with Gasteiger partial charge in [0.15, 0.2) is 0 Å². The first-order chi connectivity index (χ1) is 18.2. The molecule has 1 unspecified atom stereocenters. The molecule has 38 heavy (non-hydrogen) atoms. The molecule has 0 fully saturated rings. The highest BCUT2D eigenvalue weighted by Gasteiger charge is 2.21. The largest absolute Gasteiger partial charge is 0.481 e. The minimum Gasteiger partial charge on any atom is -0.481 e.